The molecular formula is C18H21ClN4O. The number of primary amides is 1. The second-order valence-corrected chi connectivity index (χ2v) is 6.66. The highest BCUT2D eigenvalue weighted by atomic mass is 35.5. The van der Waals surface area contributed by atoms with E-state index in [4.69, 9.17) is 23.1 Å². The number of amides is 1. The first-order chi connectivity index (χ1) is 11.5. The number of anilines is 1. The number of pyridine rings is 1. The number of nitrogens with one attached hydrogen (secondary N) is 1. The van der Waals surface area contributed by atoms with Crippen LogP contribution < -0.4 is 16.8 Å². The van der Waals surface area contributed by atoms with Gasteiger partial charge < -0.3 is 16.8 Å². The van der Waals surface area contributed by atoms with Gasteiger partial charge in [0.05, 0.1) is 5.02 Å². The van der Waals surface area contributed by atoms with Crippen LogP contribution in [-0.2, 0) is 0 Å². The number of aromatic nitrogens is 1. The molecule has 1 aromatic heterocycles. The first kappa shape index (κ1) is 16.7. The van der Waals surface area contributed by atoms with Crippen LogP contribution in [0.2, 0.25) is 5.02 Å². The Bertz CT molecular complexity index is 742. The molecule has 1 saturated carbocycles. The fraction of sp³-hybridized carbons (Fsp3) is 0.333. The van der Waals surface area contributed by atoms with Gasteiger partial charge in [-0.2, -0.15) is 0 Å². The molecule has 5 N–H and O–H groups in total. The maximum Gasteiger partial charge on any atom is 0.248 e. The molecule has 126 valence electrons. The zero-order valence-corrected chi connectivity index (χ0v) is 14.1. The Kier molecular flexibility index (Phi) is 5.02. The Morgan fingerprint density at radius 2 is 1.96 bits per heavy atom. The summed E-state index contributed by atoms with van der Waals surface area (Å²) >= 11 is 6.30. The van der Waals surface area contributed by atoms with Gasteiger partial charge in [0.1, 0.15) is 5.82 Å². The number of carbonyl (C=O) groups excluding carboxylic acids is 1. The van der Waals surface area contributed by atoms with Crippen LogP contribution in [0.25, 0.3) is 11.1 Å². The summed E-state index contributed by atoms with van der Waals surface area (Å²) in [7, 11) is 0. The molecule has 0 unspecified atom stereocenters. The van der Waals surface area contributed by atoms with Crippen molar-refractivity contribution in [2.75, 3.05) is 5.32 Å². The second-order valence-electron chi connectivity index (χ2n) is 6.25. The molecule has 0 aliphatic heterocycles. The molecule has 1 aromatic carbocycles. The van der Waals surface area contributed by atoms with E-state index in [1.165, 1.54) is 0 Å². The highest BCUT2D eigenvalue weighted by molar-refractivity contribution is 6.33. The summed E-state index contributed by atoms with van der Waals surface area (Å²) in [5.74, 6) is 0.318. The number of halogens is 1. The van der Waals surface area contributed by atoms with E-state index in [9.17, 15) is 4.79 Å². The van der Waals surface area contributed by atoms with Gasteiger partial charge in [0.2, 0.25) is 5.91 Å². The monoisotopic (exact) mass is 344 g/mol. The lowest BCUT2D eigenvalue weighted by Gasteiger charge is -2.27. The summed E-state index contributed by atoms with van der Waals surface area (Å²) in [6.45, 7) is 0. The molecule has 0 radical (unpaired) electrons. The lowest BCUT2D eigenvalue weighted by molar-refractivity contribution is 0.100. The van der Waals surface area contributed by atoms with Gasteiger partial charge in [0.15, 0.2) is 0 Å². The third-order valence-electron chi connectivity index (χ3n) is 4.44. The molecular weight excluding hydrogens is 324 g/mol. The number of rotatable bonds is 4. The van der Waals surface area contributed by atoms with Gasteiger partial charge in [0.25, 0.3) is 0 Å². The average Bonchev–Trinajstić information content (AvgIpc) is 2.58. The van der Waals surface area contributed by atoms with E-state index in [-0.39, 0.29) is 0 Å². The first-order valence-electron chi connectivity index (χ1n) is 8.11. The van der Waals surface area contributed by atoms with Crippen LogP contribution in [0, 0.1) is 0 Å². The van der Waals surface area contributed by atoms with E-state index in [2.05, 4.69) is 10.3 Å². The summed E-state index contributed by atoms with van der Waals surface area (Å²) in [4.78, 5) is 15.7. The lowest BCUT2D eigenvalue weighted by Crippen LogP contribution is -2.33. The highest BCUT2D eigenvalue weighted by Gasteiger charge is 2.19. The predicted molar refractivity (Wildman–Crippen MR) is 97.1 cm³/mol. The van der Waals surface area contributed by atoms with Gasteiger partial charge in [0, 0.05) is 29.4 Å². The van der Waals surface area contributed by atoms with Crippen molar-refractivity contribution in [3.63, 3.8) is 0 Å². The average molecular weight is 345 g/mol. The Hall–Kier alpha value is -2.11. The van der Waals surface area contributed by atoms with Gasteiger partial charge in [-0.25, -0.2) is 4.98 Å². The number of benzene rings is 1. The van der Waals surface area contributed by atoms with Crippen molar-refractivity contribution in [2.45, 2.75) is 37.8 Å². The molecule has 2 aromatic rings. The molecule has 24 heavy (non-hydrogen) atoms. The Morgan fingerprint density at radius 1 is 1.21 bits per heavy atom. The summed E-state index contributed by atoms with van der Waals surface area (Å²) in [5, 5.41) is 3.99. The van der Waals surface area contributed by atoms with E-state index in [1.54, 1.807) is 24.4 Å². The van der Waals surface area contributed by atoms with Crippen LogP contribution >= 0.6 is 11.6 Å². The third kappa shape index (κ3) is 3.86. The van der Waals surface area contributed by atoms with Crippen molar-refractivity contribution in [1.29, 1.82) is 0 Å². The summed E-state index contributed by atoms with van der Waals surface area (Å²) in [6, 6.07) is 9.73. The first-order valence-corrected chi connectivity index (χ1v) is 8.48. The van der Waals surface area contributed by atoms with Crippen molar-refractivity contribution in [1.82, 2.24) is 4.98 Å². The van der Waals surface area contributed by atoms with Crippen molar-refractivity contribution >= 4 is 23.3 Å². The van der Waals surface area contributed by atoms with Crippen LogP contribution in [0.4, 0.5) is 5.82 Å². The molecule has 0 atom stereocenters. The second kappa shape index (κ2) is 7.20. The molecule has 1 heterocycles. The fourth-order valence-electron chi connectivity index (χ4n) is 3.05. The molecule has 5 nitrogen and oxygen atoms in total. The third-order valence-corrected chi connectivity index (χ3v) is 4.74. The molecule has 6 heteroatoms. The van der Waals surface area contributed by atoms with Gasteiger partial charge in [-0.05, 0) is 49.4 Å². The minimum atomic E-state index is -0.459. The van der Waals surface area contributed by atoms with Crippen LogP contribution in [0.5, 0.6) is 0 Å². The Morgan fingerprint density at radius 3 is 2.67 bits per heavy atom. The quantitative estimate of drug-likeness (QED) is 0.794. The molecule has 3 rings (SSSR count). The topological polar surface area (TPSA) is 94.0 Å². The normalized spacial score (nSPS) is 20.6. The van der Waals surface area contributed by atoms with E-state index in [0.717, 1.165) is 42.6 Å². The van der Waals surface area contributed by atoms with Crippen LogP contribution in [-0.4, -0.2) is 23.0 Å². The van der Waals surface area contributed by atoms with Gasteiger partial charge in [-0.1, -0.05) is 23.7 Å². The summed E-state index contributed by atoms with van der Waals surface area (Å²) in [5.41, 5.74) is 13.4. The minimum Gasteiger partial charge on any atom is -0.367 e. The Balaban J connectivity index is 1.84. The minimum absolute atomic E-state index is 0.313. The van der Waals surface area contributed by atoms with Crippen LogP contribution in [0.1, 0.15) is 36.0 Å². The van der Waals surface area contributed by atoms with E-state index in [1.807, 2.05) is 12.1 Å². The lowest BCUT2D eigenvalue weighted by atomic mass is 9.92. The van der Waals surface area contributed by atoms with E-state index < -0.39 is 5.91 Å². The van der Waals surface area contributed by atoms with Gasteiger partial charge in [-0.3, -0.25) is 4.79 Å². The number of nitrogens with zero attached hydrogens (tertiary/aromatic N) is 1. The molecule has 1 aliphatic rings. The van der Waals surface area contributed by atoms with Crippen molar-refractivity contribution in [2.24, 2.45) is 11.5 Å². The molecule has 0 saturated heterocycles. The predicted octanol–water partition coefficient (Wildman–Crippen LogP) is 3.18. The van der Waals surface area contributed by atoms with E-state index in [0.29, 0.717) is 22.7 Å². The fourth-order valence-corrected chi connectivity index (χ4v) is 3.26. The number of nitrogens with two attached hydrogens (primary N) is 2. The van der Waals surface area contributed by atoms with Crippen molar-refractivity contribution < 1.29 is 4.79 Å². The molecule has 1 amide bonds. The van der Waals surface area contributed by atoms with Gasteiger partial charge in [-0.15, -0.1) is 0 Å². The number of hydrogen-bond donors (Lipinski definition) is 3. The zero-order valence-electron chi connectivity index (χ0n) is 13.3. The summed E-state index contributed by atoms with van der Waals surface area (Å²) < 4.78 is 0. The standard InChI is InChI=1S/C18H21ClN4O/c19-16-10-22-17(23-14-6-4-13(20)5-7-14)9-15(16)11-2-1-3-12(8-11)18(21)24/h1-3,8-10,13-14H,4-7,20H2,(H2,21,24)(H,22,23). The van der Waals surface area contributed by atoms with Crippen molar-refractivity contribution in [3.8, 4) is 11.1 Å². The smallest absolute Gasteiger partial charge is 0.248 e. The maximum absolute atomic E-state index is 11.4. The Labute approximate surface area is 146 Å². The molecule has 1 fully saturated rings. The highest BCUT2D eigenvalue weighted by Crippen LogP contribution is 2.30. The van der Waals surface area contributed by atoms with Crippen molar-refractivity contribution in [3.05, 3.63) is 47.1 Å². The largest absolute Gasteiger partial charge is 0.367 e. The van der Waals surface area contributed by atoms with Crippen LogP contribution in [0.3, 0.4) is 0 Å². The molecule has 0 bridgehead atoms. The number of hydrogen-bond acceptors (Lipinski definition) is 4. The maximum atomic E-state index is 11.4. The van der Waals surface area contributed by atoms with E-state index >= 15 is 0 Å². The van der Waals surface area contributed by atoms with Gasteiger partial charge >= 0.3 is 0 Å². The number of carbonyl (C=O) groups is 1. The SMILES string of the molecule is NC(=O)c1cccc(-c2cc(NC3CCC(N)CC3)ncc2Cl)c1. The zero-order chi connectivity index (χ0) is 17.1. The van der Waals surface area contributed by atoms with Crippen LogP contribution in [0.15, 0.2) is 36.5 Å². The molecule has 1 aliphatic carbocycles. The molecule has 0 spiro atoms. The summed E-state index contributed by atoms with van der Waals surface area (Å²) in [6.07, 6.45) is 5.76.